The molecule has 2 saturated heterocycles. The molecule has 2 N–H and O–H groups in total. The molecule has 1 aromatic heterocycles. The number of hydrogen-bond donors (Lipinski definition) is 1. The number of alkyl halides is 3. The summed E-state index contributed by atoms with van der Waals surface area (Å²) in [6, 6.07) is 7.10. The van der Waals surface area contributed by atoms with E-state index in [1.54, 1.807) is 11.0 Å². The first-order valence-corrected chi connectivity index (χ1v) is 12.8. The summed E-state index contributed by atoms with van der Waals surface area (Å²) in [6.45, 7) is 9.84. The smallest absolute Gasteiger partial charge is 0.398 e. The van der Waals surface area contributed by atoms with E-state index in [1.807, 2.05) is 4.90 Å². The largest absolute Gasteiger partial charge is 0.419 e. The first-order valence-electron chi connectivity index (χ1n) is 12.5. The Labute approximate surface area is 225 Å². The average Bonchev–Trinajstić information content (AvgIpc) is 3.22. The van der Waals surface area contributed by atoms with E-state index in [0.29, 0.717) is 49.1 Å². The van der Waals surface area contributed by atoms with E-state index in [2.05, 4.69) is 30.3 Å². The monoisotopic (exact) mass is 550 g/mol. The maximum Gasteiger partial charge on any atom is 0.419 e. The summed E-state index contributed by atoms with van der Waals surface area (Å²) < 4.78 is 54.4. The minimum atomic E-state index is -4.50. The third kappa shape index (κ3) is 6.06. The van der Waals surface area contributed by atoms with Crippen molar-refractivity contribution in [3.63, 3.8) is 0 Å². The van der Waals surface area contributed by atoms with Crippen molar-refractivity contribution in [2.45, 2.75) is 44.9 Å². The molecule has 3 heterocycles. The number of hydrogen-bond acceptors (Lipinski definition) is 5. The van der Waals surface area contributed by atoms with Gasteiger partial charge in [0.2, 0.25) is 0 Å². The van der Waals surface area contributed by atoms with Gasteiger partial charge < -0.3 is 20.4 Å². The molecule has 2 atom stereocenters. The van der Waals surface area contributed by atoms with E-state index in [1.165, 1.54) is 30.5 Å². The van der Waals surface area contributed by atoms with Crippen LogP contribution in [0.2, 0.25) is 5.02 Å². The van der Waals surface area contributed by atoms with Crippen LogP contribution >= 0.6 is 11.6 Å². The summed E-state index contributed by atoms with van der Waals surface area (Å²) in [5.74, 6) is 0.478. The van der Waals surface area contributed by atoms with Gasteiger partial charge in [-0.2, -0.15) is 13.2 Å². The van der Waals surface area contributed by atoms with Gasteiger partial charge >= 0.3 is 6.18 Å². The first-order chi connectivity index (χ1) is 18.0. The molecular formula is C27H31ClF4N6. The second-order valence-corrected chi connectivity index (χ2v) is 10.1. The number of nitrogens with two attached hydrogens (primary N) is 1. The molecule has 0 bridgehead atoms. The number of halogens is 5. The lowest BCUT2D eigenvalue weighted by molar-refractivity contribution is -0.137. The minimum absolute atomic E-state index is 0.0501. The fraction of sp³-hybridized carbons (Fsp3) is 0.407. The topological polar surface area (TPSA) is 61.0 Å². The zero-order valence-electron chi connectivity index (χ0n) is 21.3. The Kier molecular flexibility index (Phi) is 8.20. The fourth-order valence-corrected chi connectivity index (χ4v) is 5.18. The number of pyridine rings is 1. The number of aliphatic imine (C=N–C) groups is 1. The van der Waals surface area contributed by atoms with Crippen LogP contribution in [0.25, 0.3) is 5.70 Å². The average molecular weight is 551 g/mol. The Bertz CT molecular complexity index is 1230. The number of rotatable bonds is 5. The van der Waals surface area contributed by atoms with Crippen LogP contribution in [-0.4, -0.2) is 58.9 Å². The van der Waals surface area contributed by atoms with Gasteiger partial charge in [0.15, 0.2) is 0 Å². The van der Waals surface area contributed by atoms with E-state index in [0.717, 1.165) is 18.9 Å². The van der Waals surface area contributed by atoms with Crippen molar-refractivity contribution < 1.29 is 17.6 Å². The molecule has 0 saturated carbocycles. The van der Waals surface area contributed by atoms with Gasteiger partial charge in [-0.25, -0.2) is 14.4 Å². The molecule has 0 radical (unpaired) electrons. The Morgan fingerprint density at radius 2 is 1.79 bits per heavy atom. The van der Waals surface area contributed by atoms with E-state index in [9.17, 15) is 17.6 Å². The van der Waals surface area contributed by atoms with Gasteiger partial charge in [-0.1, -0.05) is 18.2 Å². The summed E-state index contributed by atoms with van der Waals surface area (Å²) in [4.78, 5) is 14.6. The lowest BCUT2D eigenvalue weighted by Gasteiger charge is -2.38. The highest BCUT2D eigenvalue weighted by molar-refractivity contribution is 6.30. The van der Waals surface area contributed by atoms with Crippen LogP contribution < -0.4 is 10.6 Å². The highest BCUT2D eigenvalue weighted by Crippen LogP contribution is 2.35. The normalized spacial score (nSPS) is 21.3. The first kappa shape index (κ1) is 27.8. The quantitative estimate of drug-likeness (QED) is 0.291. The molecule has 38 heavy (non-hydrogen) atoms. The van der Waals surface area contributed by atoms with E-state index in [-0.39, 0.29) is 22.9 Å². The molecule has 1 aromatic carbocycles. The maximum absolute atomic E-state index is 13.7. The van der Waals surface area contributed by atoms with Crippen LogP contribution in [0.1, 0.15) is 37.8 Å². The molecule has 2 unspecified atom stereocenters. The lowest BCUT2D eigenvalue weighted by Crippen LogP contribution is -2.49. The van der Waals surface area contributed by atoms with Crippen LogP contribution in [0.4, 0.5) is 23.4 Å². The van der Waals surface area contributed by atoms with Crippen LogP contribution in [0.15, 0.2) is 60.0 Å². The number of piperazine rings is 1. The summed E-state index contributed by atoms with van der Waals surface area (Å²) >= 11 is 5.95. The number of anilines is 1. The van der Waals surface area contributed by atoms with Crippen molar-refractivity contribution in [3.8, 4) is 0 Å². The van der Waals surface area contributed by atoms with Crippen molar-refractivity contribution in [2.24, 2.45) is 10.7 Å². The van der Waals surface area contributed by atoms with E-state index < -0.39 is 17.6 Å². The van der Waals surface area contributed by atoms with Gasteiger partial charge in [-0.15, -0.1) is 0 Å². The molecule has 11 heteroatoms. The molecule has 0 spiro atoms. The Morgan fingerprint density at radius 1 is 1.13 bits per heavy atom. The zero-order valence-corrected chi connectivity index (χ0v) is 22.1. The highest BCUT2D eigenvalue weighted by Gasteiger charge is 2.36. The second kappa shape index (κ2) is 11.2. The lowest BCUT2D eigenvalue weighted by atomic mass is 10.1. The highest BCUT2D eigenvalue weighted by atomic mass is 35.5. The summed E-state index contributed by atoms with van der Waals surface area (Å²) in [7, 11) is 0. The zero-order chi connectivity index (χ0) is 27.6. The maximum atomic E-state index is 13.7. The molecule has 2 aliphatic heterocycles. The molecule has 4 rings (SSSR count). The third-order valence-electron chi connectivity index (χ3n) is 7.03. The molecule has 0 aliphatic carbocycles. The molecule has 204 valence electrons. The Balaban J connectivity index is 1.62. The molecule has 0 amide bonds. The van der Waals surface area contributed by atoms with Gasteiger partial charge in [-0.05, 0) is 62.6 Å². The van der Waals surface area contributed by atoms with Crippen molar-refractivity contribution in [3.05, 3.63) is 77.0 Å². The number of aromatic nitrogens is 1. The number of likely N-dealkylation sites (tertiary alicyclic amines) is 1. The summed E-state index contributed by atoms with van der Waals surface area (Å²) in [6.07, 6.45) is 0.603. The second-order valence-electron chi connectivity index (χ2n) is 9.64. The fourth-order valence-electron chi connectivity index (χ4n) is 5.00. The van der Waals surface area contributed by atoms with Crippen LogP contribution in [0.3, 0.4) is 0 Å². The standard InChI is InChI=1S/C27H31ClF4N6/c1-17-6-7-18(2)38(17)19(3)35-25(16-24(33)20-8-9-23(29)22(28)15-20)36-11-13-37(14-12-36)26-21(27(30,31)32)5-4-10-34-26/h4-5,8-10,15-18H,3,6-7,11-14,33H2,1-2H3/b24-16-,35-25+. The predicted molar refractivity (Wildman–Crippen MR) is 143 cm³/mol. The molecule has 2 aromatic rings. The van der Waals surface area contributed by atoms with E-state index >= 15 is 0 Å². The van der Waals surface area contributed by atoms with Gasteiger partial charge in [0.25, 0.3) is 0 Å². The van der Waals surface area contributed by atoms with Gasteiger partial charge in [0.1, 0.15) is 23.3 Å². The van der Waals surface area contributed by atoms with Crippen LogP contribution in [0.5, 0.6) is 0 Å². The van der Waals surface area contributed by atoms with Gasteiger partial charge in [0, 0.05) is 56.2 Å². The molecular weight excluding hydrogens is 520 g/mol. The van der Waals surface area contributed by atoms with Crippen molar-refractivity contribution in [1.29, 1.82) is 0 Å². The van der Waals surface area contributed by atoms with Crippen LogP contribution in [0, 0.1) is 5.82 Å². The molecule has 2 aliphatic rings. The van der Waals surface area contributed by atoms with E-state index in [4.69, 9.17) is 22.3 Å². The minimum Gasteiger partial charge on any atom is -0.398 e. The van der Waals surface area contributed by atoms with Crippen molar-refractivity contribution in [1.82, 2.24) is 14.8 Å². The SMILES string of the molecule is C=C(/N=C(\C=C(/N)c1ccc(F)c(Cl)c1)N1CCN(c2ncccc2C(F)(F)F)CC1)N1C(C)CCC1C. The number of amidine groups is 1. The summed E-state index contributed by atoms with van der Waals surface area (Å²) in [5.41, 5.74) is 6.47. The Morgan fingerprint density at radius 3 is 2.39 bits per heavy atom. The molecule has 6 nitrogen and oxygen atoms in total. The van der Waals surface area contributed by atoms with Crippen molar-refractivity contribution in [2.75, 3.05) is 31.1 Å². The van der Waals surface area contributed by atoms with Crippen LogP contribution in [-0.2, 0) is 6.18 Å². The summed E-state index contributed by atoms with van der Waals surface area (Å²) in [5, 5.41) is -0.0501. The van der Waals surface area contributed by atoms with Crippen molar-refractivity contribution >= 4 is 29.0 Å². The van der Waals surface area contributed by atoms with Gasteiger partial charge in [0.05, 0.1) is 10.6 Å². The molecule has 2 fully saturated rings. The number of benzene rings is 1. The number of nitrogens with zero attached hydrogens (tertiary/aromatic N) is 5. The predicted octanol–water partition coefficient (Wildman–Crippen LogP) is 5.76. The third-order valence-corrected chi connectivity index (χ3v) is 7.32. The van der Waals surface area contributed by atoms with Gasteiger partial charge in [-0.3, -0.25) is 0 Å². The Hall–Kier alpha value is -3.27.